The number of pyridine rings is 1. The highest BCUT2D eigenvalue weighted by Gasteiger charge is 2.32. The van der Waals surface area contributed by atoms with Crippen LogP contribution in [0.4, 0.5) is 19.0 Å². The van der Waals surface area contributed by atoms with Crippen LogP contribution in [-0.2, 0) is 6.18 Å². The maximum atomic E-state index is 12.3. The van der Waals surface area contributed by atoms with Crippen molar-refractivity contribution in [1.29, 1.82) is 5.26 Å². The Balaban J connectivity index is 2.72. The number of aromatic nitrogens is 1. The van der Waals surface area contributed by atoms with Gasteiger partial charge in [-0.05, 0) is 6.07 Å². The second-order valence-corrected chi connectivity index (χ2v) is 3.91. The number of H-pyrrole nitrogens is 1. The van der Waals surface area contributed by atoms with E-state index in [0.717, 1.165) is 12.3 Å². The van der Waals surface area contributed by atoms with Crippen LogP contribution in [0.1, 0.15) is 12.0 Å². The molecule has 0 aliphatic carbocycles. The molecular formula is C10H10ClF3N3O+. The van der Waals surface area contributed by atoms with Crippen LogP contribution in [0.15, 0.2) is 12.3 Å². The van der Waals surface area contributed by atoms with E-state index >= 15 is 0 Å². The Bertz CT molecular complexity index is 459. The lowest BCUT2D eigenvalue weighted by molar-refractivity contribution is -0.364. The predicted octanol–water partition coefficient (Wildman–Crippen LogP) is 1.86. The number of nitriles is 1. The van der Waals surface area contributed by atoms with Gasteiger partial charge in [0.25, 0.3) is 5.82 Å². The summed E-state index contributed by atoms with van der Waals surface area (Å²) >= 11 is 5.66. The number of hydrogen-bond donors (Lipinski definition) is 2. The number of hydrogen-bond acceptors (Lipinski definition) is 3. The number of aromatic amines is 1. The fraction of sp³-hybridized carbons (Fsp3) is 0.400. The molecule has 0 radical (unpaired) electrons. The molecule has 0 bridgehead atoms. The van der Waals surface area contributed by atoms with E-state index in [-0.39, 0.29) is 23.8 Å². The number of aliphatic hydroxyl groups is 1. The molecule has 0 unspecified atom stereocenters. The molecule has 1 aromatic rings. The normalized spacial score (nSPS) is 12.9. The molecule has 8 heteroatoms. The summed E-state index contributed by atoms with van der Waals surface area (Å²) in [4.78, 5) is 2.35. The molecule has 3 N–H and O–H groups in total. The number of nitrogens with zero attached hydrogens (tertiary/aromatic N) is 1. The van der Waals surface area contributed by atoms with Gasteiger partial charge < -0.3 is 5.11 Å². The Morgan fingerprint density at radius 3 is 2.72 bits per heavy atom. The van der Waals surface area contributed by atoms with Gasteiger partial charge >= 0.3 is 6.18 Å². The van der Waals surface area contributed by atoms with Gasteiger partial charge in [-0.25, -0.2) is 4.98 Å². The number of aliphatic hydroxyl groups excluding tert-OH is 1. The molecule has 0 amide bonds. The van der Waals surface area contributed by atoms with Crippen molar-refractivity contribution in [2.45, 2.75) is 18.7 Å². The fourth-order valence-electron chi connectivity index (χ4n) is 1.17. The van der Waals surface area contributed by atoms with Crippen LogP contribution in [0.25, 0.3) is 0 Å². The van der Waals surface area contributed by atoms with Crippen LogP contribution in [0.5, 0.6) is 0 Å². The zero-order valence-electron chi connectivity index (χ0n) is 9.05. The molecule has 0 aliphatic heterocycles. The summed E-state index contributed by atoms with van der Waals surface area (Å²) in [6.07, 6.45) is -4.70. The van der Waals surface area contributed by atoms with Gasteiger partial charge in [0.05, 0.1) is 18.1 Å². The molecule has 1 rings (SSSR count). The van der Waals surface area contributed by atoms with Gasteiger partial charge in [0.1, 0.15) is 23.9 Å². The third-order valence-electron chi connectivity index (χ3n) is 2.06. The van der Waals surface area contributed by atoms with E-state index < -0.39 is 17.8 Å². The minimum atomic E-state index is -4.47. The fourth-order valence-corrected chi connectivity index (χ4v) is 1.40. The van der Waals surface area contributed by atoms with E-state index in [9.17, 15) is 18.3 Å². The van der Waals surface area contributed by atoms with Crippen LogP contribution < -0.4 is 10.3 Å². The number of rotatable bonds is 4. The van der Waals surface area contributed by atoms with Crippen molar-refractivity contribution in [2.24, 2.45) is 0 Å². The first kappa shape index (κ1) is 14.5. The minimum absolute atomic E-state index is 0.00907. The molecule has 1 atom stereocenters. The topological polar surface area (TPSA) is 70.2 Å². The number of nitrogens with one attached hydrogen (secondary N) is 2. The van der Waals surface area contributed by atoms with Crippen molar-refractivity contribution in [3.05, 3.63) is 22.8 Å². The first-order chi connectivity index (χ1) is 8.34. The van der Waals surface area contributed by atoms with Crippen molar-refractivity contribution >= 4 is 17.4 Å². The Hall–Kier alpha value is -1.52. The van der Waals surface area contributed by atoms with E-state index in [1.807, 2.05) is 0 Å². The quantitative estimate of drug-likeness (QED) is 0.884. The number of anilines is 1. The van der Waals surface area contributed by atoms with Crippen molar-refractivity contribution in [1.82, 2.24) is 0 Å². The van der Waals surface area contributed by atoms with E-state index in [2.05, 4.69) is 10.3 Å². The first-order valence-corrected chi connectivity index (χ1v) is 5.29. The first-order valence-electron chi connectivity index (χ1n) is 4.92. The van der Waals surface area contributed by atoms with Crippen LogP contribution in [0.2, 0.25) is 5.02 Å². The highest BCUT2D eigenvalue weighted by molar-refractivity contribution is 6.32. The summed E-state index contributed by atoms with van der Waals surface area (Å²) < 4.78 is 37.0. The molecule has 98 valence electrons. The SMILES string of the molecule is N#CC[C@@H](O)CNc1[nH+]cc(C(F)(F)F)cc1Cl. The molecule has 0 aliphatic rings. The largest absolute Gasteiger partial charge is 0.419 e. The molecule has 0 aromatic carbocycles. The third kappa shape index (κ3) is 4.05. The standard InChI is InChI=1S/C10H9ClF3N3O/c11-8-3-6(10(12,13)14)4-16-9(8)17-5-7(18)1-2-15/h3-4,7,18H,1,5H2,(H,16,17)/p+1/t7-/m1/s1. The van der Waals surface area contributed by atoms with Gasteiger partial charge in [0.2, 0.25) is 0 Å². The van der Waals surface area contributed by atoms with Gasteiger partial charge in [-0.2, -0.15) is 18.4 Å². The number of alkyl halides is 3. The van der Waals surface area contributed by atoms with Crippen molar-refractivity contribution in [2.75, 3.05) is 11.9 Å². The maximum absolute atomic E-state index is 12.3. The van der Waals surface area contributed by atoms with Gasteiger partial charge in [0, 0.05) is 0 Å². The maximum Gasteiger partial charge on any atom is 0.419 e. The van der Waals surface area contributed by atoms with Crippen LogP contribution in [-0.4, -0.2) is 17.8 Å². The van der Waals surface area contributed by atoms with E-state index in [1.165, 1.54) is 0 Å². The van der Waals surface area contributed by atoms with Crippen LogP contribution in [0.3, 0.4) is 0 Å². The lowest BCUT2D eigenvalue weighted by Gasteiger charge is -2.08. The van der Waals surface area contributed by atoms with Crippen LogP contribution >= 0.6 is 11.6 Å². The molecule has 18 heavy (non-hydrogen) atoms. The molecule has 1 aromatic heterocycles. The predicted molar refractivity (Wildman–Crippen MR) is 57.7 cm³/mol. The smallest absolute Gasteiger partial charge is 0.388 e. The summed E-state index contributed by atoms with van der Waals surface area (Å²) in [6, 6.07) is 2.54. The molecule has 1 heterocycles. The average Bonchev–Trinajstić information content (AvgIpc) is 2.26. The zero-order valence-corrected chi connectivity index (χ0v) is 9.81. The molecule has 0 saturated carbocycles. The van der Waals surface area contributed by atoms with E-state index in [4.69, 9.17) is 16.9 Å². The number of halogens is 4. The second kappa shape index (κ2) is 5.89. The van der Waals surface area contributed by atoms with Gasteiger partial charge in [-0.1, -0.05) is 11.6 Å². The average molecular weight is 281 g/mol. The Kier molecular flexibility index (Phi) is 4.76. The molecule has 0 spiro atoms. The van der Waals surface area contributed by atoms with Gasteiger partial charge in [-0.15, -0.1) is 0 Å². The zero-order chi connectivity index (χ0) is 13.8. The molecule has 4 nitrogen and oxygen atoms in total. The van der Waals surface area contributed by atoms with Gasteiger partial charge in [-0.3, -0.25) is 5.32 Å². The summed E-state index contributed by atoms with van der Waals surface area (Å²) in [7, 11) is 0. The minimum Gasteiger partial charge on any atom is -0.388 e. The second-order valence-electron chi connectivity index (χ2n) is 3.51. The van der Waals surface area contributed by atoms with Crippen molar-refractivity contribution in [3.63, 3.8) is 0 Å². The lowest BCUT2D eigenvalue weighted by atomic mass is 10.2. The Morgan fingerprint density at radius 1 is 1.56 bits per heavy atom. The summed E-state index contributed by atoms with van der Waals surface area (Å²) in [6.45, 7) is 0.00907. The summed E-state index contributed by atoms with van der Waals surface area (Å²) in [5.74, 6) is 0.154. The van der Waals surface area contributed by atoms with Crippen LogP contribution in [0, 0.1) is 11.3 Å². The Morgan fingerprint density at radius 2 is 2.22 bits per heavy atom. The molecule has 0 fully saturated rings. The third-order valence-corrected chi connectivity index (χ3v) is 2.36. The van der Waals surface area contributed by atoms with E-state index in [0.29, 0.717) is 0 Å². The molecule has 0 saturated heterocycles. The highest BCUT2D eigenvalue weighted by Crippen LogP contribution is 2.31. The molecular weight excluding hydrogens is 271 g/mol. The highest BCUT2D eigenvalue weighted by atomic mass is 35.5. The summed E-state index contributed by atoms with van der Waals surface area (Å²) in [5, 5.41) is 20.1. The summed E-state index contributed by atoms with van der Waals surface area (Å²) in [5.41, 5.74) is -0.893. The van der Waals surface area contributed by atoms with E-state index in [1.54, 1.807) is 6.07 Å². The lowest BCUT2D eigenvalue weighted by Crippen LogP contribution is -2.24. The monoisotopic (exact) mass is 280 g/mol. The van der Waals surface area contributed by atoms with Crippen molar-refractivity contribution in [3.8, 4) is 6.07 Å². The van der Waals surface area contributed by atoms with Crippen molar-refractivity contribution < 1.29 is 23.3 Å². The van der Waals surface area contributed by atoms with Gasteiger partial charge in [0.15, 0.2) is 0 Å². The Labute approximate surface area is 106 Å².